The summed E-state index contributed by atoms with van der Waals surface area (Å²) in [5.41, 5.74) is 1.43. The second-order valence-corrected chi connectivity index (χ2v) is 4.29. The molecule has 0 saturated carbocycles. The second-order valence-electron chi connectivity index (χ2n) is 3.21. The van der Waals surface area contributed by atoms with Crippen LogP contribution in [0.4, 0.5) is 0 Å². The van der Waals surface area contributed by atoms with Gasteiger partial charge in [0.2, 0.25) is 0 Å². The predicted octanol–water partition coefficient (Wildman–Crippen LogP) is 3.34. The summed E-state index contributed by atoms with van der Waals surface area (Å²) in [5.74, 6) is 3.29. The Morgan fingerprint density at radius 2 is 2.00 bits per heavy atom. The lowest BCUT2D eigenvalue weighted by molar-refractivity contribution is 0.751. The van der Waals surface area contributed by atoms with Gasteiger partial charge >= 0.3 is 0 Å². The largest absolute Gasteiger partial charge is 0.158 e. The zero-order valence-electron chi connectivity index (χ0n) is 7.48. The lowest BCUT2D eigenvalue weighted by atomic mass is 10.3. The normalized spacial score (nSPS) is 10.1. The Bertz CT molecular complexity index is 99.3. The van der Waals surface area contributed by atoms with E-state index in [1.807, 2.05) is 11.8 Å². The van der Waals surface area contributed by atoms with E-state index in [0.717, 1.165) is 5.92 Å². The van der Waals surface area contributed by atoms with Gasteiger partial charge in [-0.2, -0.15) is 11.8 Å². The molecule has 0 N–H and O–H groups in total. The third kappa shape index (κ3) is 8.09. The van der Waals surface area contributed by atoms with Crippen LogP contribution in [0.25, 0.3) is 0 Å². The molecule has 0 rings (SSSR count). The van der Waals surface area contributed by atoms with Crippen molar-refractivity contribution in [3.05, 3.63) is 11.6 Å². The van der Waals surface area contributed by atoms with Crippen LogP contribution in [0.15, 0.2) is 11.6 Å². The number of allylic oxidation sites excluding steroid dienone is 1. The maximum absolute atomic E-state index is 2.28. The van der Waals surface area contributed by atoms with Crippen molar-refractivity contribution < 1.29 is 0 Å². The monoisotopic (exact) mass is 158 g/mol. The Balaban J connectivity index is 3.13. The fourth-order valence-electron chi connectivity index (χ4n) is 0.529. The summed E-state index contributed by atoms with van der Waals surface area (Å²) in [4.78, 5) is 0. The first kappa shape index (κ1) is 10.1. The molecular weight excluding hydrogens is 140 g/mol. The summed E-state index contributed by atoms with van der Waals surface area (Å²) < 4.78 is 0. The minimum absolute atomic E-state index is 0.829. The van der Waals surface area contributed by atoms with Gasteiger partial charge in [0.05, 0.1) is 0 Å². The standard InChI is InChI=1S/C9H18S/c1-8(2)5-6-10-7-9(3)4/h5,9H,6-7H2,1-4H3. The second kappa shape index (κ2) is 5.84. The van der Waals surface area contributed by atoms with Crippen LogP contribution in [0.2, 0.25) is 0 Å². The molecule has 0 aliphatic heterocycles. The SMILES string of the molecule is CC(C)=CCSCC(C)C. The molecule has 10 heavy (non-hydrogen) atoms. The van der Waals surface area contributed by atoms with E-state index in [-0.39, 0.29) is 0 Å². The Morgan fingerprint density at radius 1 is 1.40 bits per heavy atom. The molecule has 0 aliphatic carbocycles. The summed E-state index contributed by atoms with van der Waals surface area (Å²) in [6.07, 6.45) is 2.28. The van der Waals surface area contributed by atoms with Crippen molar-refractivity contribution in [1.29, 1.82) is 0 Å². The van der Waals surface area contributed by atoms with Gasteiger partial charge in [0.15, 0.2) is 0 Å². The maximum atomic E-state index is 2.28. The third-order valence-corrected chi connectivity index (χ3v) is 2.37. The van der Waals surface area contributed by atoms with Crippen LogP contribution < -0.4 is 0 Å². The van der Waals surface area contributed by atoms with Crippen LogP contribution in [0.5, 0.6) is 0 Å². The fourth-order valence-corrected chi connectivity index (χ4v) is 1.59. The van der Waals surface area contributed by atoms with Crippen molar-refractivity contribution >= 4 is 11.8 Å². The summed E-state index contributed by atoms with van der Waals surface area (Å²) in [6.45, 7) is 8.82. The Kier molecular flexibility index (Phi) is 5.90. The summed E-state index contributed by atoms with van der Waals surface area (Å²) in [7, 11) is 0. The first-order valence-electron chi connectivity index (χ1n) is 3.84. The zero-order valence-corrected chi connectivity index (χ0v) is 8.29. The van der Waals surface area contributed by atoms with E-state index in [0.29, 0.717) is 0 Å². The summed E-state index contributed by atoms with van der Waals surface area (Å²) in [6, 6.07) is 0. The maximum Gasteiger partial charge on any atom is 0.0115 e. The molecule has 0 aliphatic rings. The van der Waals surface area contributed by atoms with E-state index in [1.165, 1.54) is 17.1 Å². The molecule has 0 radical (unpaired) electrons. The van der Waals surface area contributed by atoms with Crippen LogP contribution in [-0.4, -0.2) is 11.5 Å². The molecule has 0 aromatic carbocycles. The highest BCUT2D eigenvalue weighted by atomic mass is 32.2. The van der Waals surface area contributed by atoms with Gasteiger partial charge < -0.3 is 0 Å². The van der Waals surface area contributed by atoms with E-state index in [9.17, 15) is 0 Å². The van der Waals surface area contributed by atoms with Crippen molar-refractivity contribution in [2.45, 2.75) is 27.7 Å². The minimum atomic E-state index is 0.829. The first-order valence-corrected chi connectivity index (χ1v) is 4.99. The highest BCUT2D eigenvalue weighted by Gasteiger charge is 1.91. The van der Waals surface area contributed by atoms with Crippen LogP contribution >= 0.6 is 11.8 Å². The molecule has 0 fully saturated rings. The lowest BCUT2D eigenvalue weighted by Crippen LogP contribution is -1.90. The lowest BCUT2D eigenvalue weighted by Gasteiger charge is -2.00. The molecule has 0 saturated heterocycles. The van der Waals surface area contributed by atoms with Gasteiger partial charge in [0.1, 0.15) is 0 Å². The molecule has 0 aromatic rings. The molecular formula is C9H18S. The van der Waals surface area contributed by atoms with E-state index >= 15 is 0 Å². The van der Waals surface area contributed by atoms with E-state index in [1.54, 1.807) is 0 Å². The minimum Gasteiger partial charge on any atom is -0.158 e. The Labute approximate surface area is 69.1 Å². The van der Waals surface area contributed by atoms with Crippen LogP contribution in [-0.2, 0) is 0 Å². The van der Waals surface area contributed by atoms with Crippen LogP contribution in [0.3, 0.4) is 0 Å². The topological polar surface area (TPSA) is 0 Å². The zero-order chi connectivity index (χ0) is 7.98. The van der Waals surface area contributed by atoms with E-state index < -0.39 is 0 Å². The number of hydrogen-bond donors (Lipinski definition) is 0. The molecule has 0 atom stereocenters. The number of hydrogen-bond acceptors (Lipinski definition) is 1. The molecule has 0 spiro atoms. The van der Waals surface area contributed by atoms with E-state index in [2.05, 4.69) is 33.8 Å². The van der Waals surface area contributed by atoms with Crippen LogP contribution in [0, 0.1) is 5.92 Å². The van der Waals surface area contributed by atoms with Crippen molar-refractivity contribution in [2.24, 2.45) is 5.92 Å². The molecule has 0 nitrogen and oxygen atoms in total. The first-order chi connectivity index (χ1) is 4.63. The number of thioether (sulfide) groups is 1. The molecule has 1 heteroatoms. The van der Waals surface area contributed by atoms with Gasteiger partial charge in [-0.1, -0.05) is 25.5 Å². The van der Waals surface area contributed by atoms with Gasteiger partial charge in [-0.3, -0.25) is 0 Å². The Morgan fingerprint density at radius 3 is 2.40 bits per heavy atom. The smallest absolute Gasteiger partial charge is 0.0115 e. The molecule has 60 valence electrons. The van der Waals surface area contributed by atoms with Gasteiger partial charge in [0, 0.05) is 5.75 Å². The average Bonchev–Trinajstić information content (AvgIpc) is 1.79. The molecule has 0 aromatic heterocycles. The highest BCUT2D eigenvalue weighted by molar-refractivity contribution is 7.99. The summed E-state index contributed by atoms with van der Waals surface area (Å²) >= 11 is 2.01. The van der Waals surface area contributed by atoms with Crippen molar-refractivity contribution in [1.82, 2.24) is 0 Å². The molecule has 0 bridgehead atoms. The summed E-state index contributed by atoms with van der Waals surface area (Å²) in [5, 5.41) is 0. The predicted molar refractivity (Wildman–Crippen MR) is 51.6 cm³/mol. The van der Waals surface area contributed by atoms with Gasteiger partial charge in [-0.05, 0) is 25.5 Å². The van der Waals surface area contributed by atoms with Crippen molar-refractivity contribution in [3.8, 4) is 0 Å². The number of rotatable bonds is 4. The van der Waals surface area contributed by atoms with Gasteiger partial charge in [-0.25, -0.2) is 0 Å². The Hall–Kier alpha value is 0.0900. The van der Waals surface area contributed by atoms with E-state index in [4.69, 9.17) is 0 Å². The van der Waals surface area contributed by atoms with Crippen LogP contribution in [0.1, 0.15) is 27.7 Å². The fraction of sp³-hybridized carbons (Fsp3) is 0.778. The van der Waals surface area contributed by atoms with Gasteiger partial charge in [-0.15, -0.1) is 0 Å². The molecule has 0 heterocycles. The van der Waals surface area contributed by atoms with Gasteiger partial charge in [0.25, 0.3) is 0 Å². The molecule has 0 unspecified atom stereocenters. The highest BCUT2D eigenvalue weighted by Crippen LogP contribution is 2.07. The quantitative estimate of drug-likeness (QED) is 0.446. The third-order valence-electron chi connectivity index (χ3n) is 1.06. The van der Waals surface area contributed by atoms with Crippen molar-refractivity contribution in [2.75, 3.05) is 11.5 Å². The average molecular weight is 158 g/mol. The van der Waals surface area contributed by atoms with Crippen molar-refractivity contribution in [3.63, 3.8) is 0 Å². The molecule has 0 amide bonds.